The molecule has 0 saturated heterocycles. The van der Waals surface area contributed by atoms with Gasteiger partial charge in [0.15, 0.2) is 0 Å². The van der Waals surface area contributed by atoms with Gasteiger partial charge in [-0.1, -0.05) is 26.0 Å². The van der Waals surface area contributed by atoms with Gasteiger partial charge in [-0.2, -0.15) is 0 Å². The molecule has 0 aliphatic rings. The first kappa shape index (κ1) is 13.0. The van der Waals surface area contributed by atoms with Crippen LogP contribution < -0.4 is 4.74 Å². The molecule has 0 heterocycles. The number of benzene rings is 1. The first-order valence-corrected chi connectivity index (χ1v) is 5.69. The Labute approximate surface area is 98.3 Å². The van der Waals surface area contributed by atoms with Crippen molar-refractivity contribution in [2.45, 2.75) is 39.5 Å². The van der Waals surface area contributed by atoms with Crippen molar-refractivity contribution < 1.29 is 9.84 Å². The van der Waals surface area contributed by atoms with E-state index in [0.717, 1.165) is 23.3 Å². The van der Waals surface area contributed by atoms with Crippen molar-refractivity contribution >= 4 is 0 Å². The van der Waals surface area contributed by atoms with Crippen LogP contribution >= 0.6 is 0 Å². The maximum atomic E-state index is 9.08. The summed E-state index contributed by atoms with van der Waals surface area (Å²) < 4.78 is 5.35. The number of ether oxygens (including phenoxy) is 1. The van der Waals surface area contributed by atoms with Crippen LogP contribution in [0.25, 0.3) is 0 Å². The average molecular weight is 222 g/mol. The third kappa shape index (κ3) is 2.56. The highest BCUT2D eigenvalue weighted by Gasteiger charge is 2.21. The molecule has 0 radical (unpaired) electrons. The highest BCUT2D eigenvalue weighted by Crippen LogP contribution is 2.32. The number of hydrogen-bond acceptors (Lipinski definition) is 2. The molecule has 1 aromatic rings. The lowest BCUT2D eigenvalue weighted by Crippen LogP contribution is -2.19. The normalized spacial score (nSPS) is 11.6. The molecule has 0 amide bonds. The lowest BCUT2D eigenvalue weighted by molar-refractivity contribution is 0.252. The molecule has 0 aliphatic carbocycles. The fraction of sp³-hybridized carbons (Fsp3) is 0.571. The summed E-state index contributed by atoms with van der Waals surface area (Å²) in [6, 6.07) is 4.31. The molecule has 1 aromatic carbocycles. The minimum absolute atomic E-state index is 0.0105. The topological polar surface area (TPSA) is 29.5 Å². The zero-order chi connectivity index (χ0) is 12.3. The van der Waals surface area contributed by atoms with Crippen molar-refractivity contribution in [2.75, 3.05) is 13.7 Å². The van der Waals surface area contributed by atoms with E-state index in [4.69, 9.17) is 9.84 Å². The third-order valence-corrected chi connectivity index (χ3v) is 3.18. The van der Waals surface area contributed by atoms with Gasteiger partial charge in [-0.3, -0.25) is 0 Å². The lowest BCUT2D eigenvalue weighted by atomic mass is 9.80. The summed E-state index contributed by atoms with van der Waals surface area (Å²) in [7, 11) is 1.70. The van der Waals surface area contributed by atoms with Crippen LogP contribution in [0.5, 0.6) is 5.75 Å². The molecular weight excluding hydrogens is 200 g/mol. The zero-order valence-electron chi connectivity index (χ0n) is 10.9. The van der Waals surface area contributed by atoms with Crippen LogP contribution in [0, 0.1) is 13.8 Å². The van der Waals surface area contributed by atoms with Gasteiger partial charge in [0.1, 0.15) is 5.75 Å². The summed E-state index contributed by atoms with van der Waals surface area (Å²) in [5.41, 5.74) is 3.58. The Balaban J connectivity index is 3.17. The van der Waals surface area contributed by atoms with E-state index < -0.39 is 0 Å². The molecule has 2 heteroatoms. The Morgan fingerprint density at radius 3 is 2.06 bits per heavy atom. The average Bonchev–Trinajstić information content (AvgIpc) is 2.17. The molecular formula is C14H22O2. The number of aliphatic hydroxyl groups is 1. The van der Waals surface area contributed by atoms with E-state index >= 15 is 0 Å². The van der Waals surface area contributed by atoms with Crippen molar-refractivity contribution in [1.29, 1.82) is 0 Å². The van der Waals surface area contributed by atoms with E-state index in [0.29, 0.717) is 0 Å². The van der Waals surface area contributed by atoms with Crippen LogP contribution in [0.3, 0.4) is 0 Å². The molecule has 0 saturated carbocycles. The summed E-state index contributed by atoms with van der Waals surface area (Å²) in [6.45, 7) is 8.65. The monoisotopic (exact) mass is 222 g/mol. The Morgan fingerprint density at radius 2 is 1.69 bits per heavy atom. The molecule has 0 unspecified atom stereocenters. The largest absolute Gasteiger partial charge is 0.496 e. The second kappa shape index (κ2) is 4.88. The Kier molecular flexibility index (Phi) is 3.98. The lowest BCUT2D eigenvalue weighted by Gasteiger charge is -2.26. The predicted molar refractivity (Wildman–Crippen MR) is 67.2 cm³/mol. The molecule has 1 rings (SSSR count). The van der Waals surface area contributed by atoms with E-state index in [1.807, 2.05) is 0 Å². The Bertz CT molecular complexity index is 344. The van der Waals surface area contributed by atoms with Gasteiger partial charge in [0, 0.05) is 6.61 Å². The number of hydrogen-bond donors (Lipinski definition) is 1. The Morgan fingerprint density at radius 1 is 1.19 bits per heavy atom. The van der Waals surface area contributed by atoms with E-state index in [1.165, 1.54) is 5.56 Å². The summed E-state index contributed by atoms with van der Waals surface area (Å²) >= 11 is 0. The van der Waals surface area contributed by atoms with E-state index in [-0.39, 0.29) is 12.0 Å². The second-order valence-electron chi connectivity index (χ2n) is 5.00. The summed E-state index contributed by atoms with van der Waals surface area (Å²) in [5, 5.41) is 9.08. The van der Waals surface area contributed by atoms with E-state index in [9.17, 15) is 0 Å². The van der Waals surface area contributed by atoms with Crippen LogP contribution in [0.1, 0.15) is 37.0 Å². The fourth-order valence-corrected chi connectivity index (χ4v) is 2.09. The van der Waals surface area contributed by atoms with Gasteiger partial charge < -0.3 is 9.84 Å². The van der Waals surface area contributed by atoms with Crippen molar-refractivity contribution in [3.63, 3.8) is 0 Å². The van der Waals surface area contributed by atoms with Crippen LogP contribution in [-0.4, -0.2) is 18.8 Å². The summed E-state index contributed by atoms with van der Waals surface area (Å²) in [5.74, 6) is 0.962. The van der Waals surface area contributed by atoms with Crippen molar-refractivity contribution in [1.82, 2.24) is 0 Å². The van der Waals surface area contributed by atoms with Gasteiger partial charge in [0.25, 0.3) is 0 Å². The third-order valence-electron chi connectivity index (χ3n) is 3.18. The SMILES string of the molecule is COc1c(C)cc(C(C)(C)CCO)cc1C. The minimum atomic E-state index is 0.0105. The highest BCUT2D eigenvalue weighted by molar-refractivity contribution is 5.45. The summed E-state index contributed by atoms with van der Waals surface area (Å²) in [6.07, 6.45) is 0.776. The zero-order valence-corrected chi connectivity index (χ0v) is 10.9. The molecule has 16 heavy (non-hydrogen) atoms. The molecule has 0 aromatic heterocycles. The quantitative estimate of drug-likeness (QED) is 0.848. The van der Waals surface area contributed by atoms with E-state index in [2.05, 4.69) is 39.8 Å². The van der Waals surface area contributed by atoms with Crippen LogP contribution in [-0.2, 0) is 5.41 Å². The maximum Gasteiger partial charge on any atom is 0.124 e. The van der Waals surface area contributed by atoms with Gasteiger partial charge in [-0.25, -0.2) is 0 Å². The first-order chi connectivity index (χ1) is 7.42. The van der Waals surface area contributed by atoms with E-state index in [1.54, 1.807) is 7.11 Å². The fourth-order valence-electron chi connectivity index (χ4n) is 2.09. The molecule has 0 spiro atoms. The van der Waals surface area contributed by atoms with Crippen molar-refractivity contribution in [2.24, 2.45) is 0 Å². The van der Waals surface area contributed by atoms with Crippen molar-refractivity contribution in [3.8, 4) is 5.75 Å². The van der Waals surface area contributed by atoms with Gasteiger partial charge >= 0.3 is 0 Å². The van der Waals surface area contributed by atoms with Crippen LogP contribution in [0.15, 0.2) is 12.1 Å². The van der Waals surface area contributed by atoms with Crippen molar-refractivity contribution in [3.05, 3.63) is 28.8 Å². The standard InChI is InChI=1S/C14H22O2/c1-10-8-12(14(3,4)6-7-15)9-11(2)13(10)16-5/h8-9,15H,6-7H2,1-5H3. The van der Waals surface area contributed by atoms with Gasteiger partial charge in [0.05, 0.1) is 7.11 Å². The second-order valence-corrected chi connectivity index (χ2v) is 5.00. The van der Waals surface area contributed by atoms with Crippen LogP contribution in [0.2, 0.25) is 0 Å². The van der Waals surface area contributed by atoms with Gasteiger partial charge in [-0.15, -0.1) is 0 Å². The number of rotatable bonds is 4. The molecule has 0 aliphatic heterocycles. The maximum absolute atomic E-state index is 9.08. The molecule has 90 valence electrons. The Hall–Kier alpha value is -1.02. The minimum Gasteiger partial charge on any atom is -0.496 e. The van der Waals surface area contributed by atoms with Gasteiger partial charge in [0.2, 0.25) is 0 Å². The van der Waals surface area contributed by atoms with Crippen LogP contribution in [0.4, 0.5) is 0 Å². The number of aliphatic hydroxyl groups excluding tert-OH is 1. The molecule has 2 nitrogen and oxygen atoms in total. The predicted octanol–water partition coefficient (Wildman–Crippen LogP) is 2.97. The smallest absolute Gasteiger partial charge is 0.124 e. The first-order valence-electron chi connectivity index (χ1n) is 5.69. The molecule has 0 atom stereocenters. The summed E-state index contributed by atoms with van der Waals surface area (Å²) in [4.78, 5) is 0. The molecule has 0 bridgehead atoms. The number of aryl methyl sites for hydroxylation is 2. The highest BCUT2D eigenvalue weighted by atomic mass is 16.5. The number of methoxy groups -OCH3 is 1. The molecule has 0 fully saturated rings. The molecule has 1 N–H and O–H groups in total. The van der Waals surface area contributed by atoms with Gasteiger partial charge in [-0.05, 0) is 42.4 Å².